The van der Waals surface area contributed by atoms with E-state index in [4.69, 9.17) is 16.1 Å². The Hall–Kier alpha value is -3.19. The number of halogens is 1. The number of nitrogens with zero attached hydrogens (tertiary/aromatic N) is 2. The van der Waals surface area contributed by atoms with Crippen LogP contribution in [0.5, 0.6) is 0 Å². The van der Waals surface area contributed by atoms with E-state index in [-0.39, 0.29) is 24.9 Å². The predicted octanol–water partition coefficient (Wildman–Crippen LogP) is 2.55. The molecule has 1 aromatic heterocycles. The predicted molar refractivity (Wildman–Crippen MR) is 95.9 cm³/mol. The fraction of sp³-hybridized carbons (Fsp3) is 0.111. The molecule has 0 bridgehead atoms. The number of hydrogen-bond donors (Lipinski definition) is 2. The zero-order valence-corrected chi connectivity index (χ0v) is 14.4. The quantitative estimate of drug-likeness (QED) is 0.650. The van der Waals surface area contributed by atoms with Crippen LogP contribution in [0.1, 0.15) is 21.0 Å². The lowest BCUT2D eigenvalue weighted by Gasteiger charge is -2.06. The van der Waals surface area contributed by atoms with Gasteiger partial charge in [-0.05, 0) is 18.2 Å². The van der Waals surface area contributed by atoms with Gasteiger partial charge in [0.25, 0.3) is 5.91 Å². The van der Waals surface area contributed by atoms with Gasteiger partial charge in [0, 0.05) is 29.2 Å². The molecule has 0 saturated carbocycles. The lowest BCUT2D eigenvalue weighted by molar-refractivity contribution is 0.0898. The molecule has 8 heteroatoms. The summed E-state index contributed by atoms with van der Waals surface area (Å²) in [4.78, 5) is 28.0. The number of aromatic nitrogens is 2. The number of amides is 2. The summed E-state index contributed by atoms with van der Waals surface area (Å²) in [5.74, 6) is -0.572. The van der Waals surface area contributed by atoms with Crippen LogP contribution in [-0.4, -0.2) is 35.0 Å². The second-order valence-electron chi connectivity index (χ2n) is 5.31. The molecule has 2 aromatic carbocycles. The molecular formula is C18H15ClN4O3. The third-order valence-electron chi connectivity index (χ3n) is 3.44. The standard InChI is InChI=1S/C18H15ClN4O3/c19-14-8-4-7-13(11-14)16(24)20-9-10-21-17(25)18-22-15(23-26-18)12-5-2-1-3-6-12/h1-8,11H,9-10H2,(H,20,24)(H,21,25). The van der Waals surface area contributed by atoms with Gasteiger partial charge in [-0.2, -0.15) is 4.98 Å². The van der Waals surface area contributed by atoms with Crippen LogP contribution in [0.15, 0.2) is 59.1 Å². The maximum absolute atomic E-state index is 12.0. The minimum Gasteiger partial charge on any atom is -0.350 e. The first-order valence-corrected chi connectivity index (χ1v) is 8.22. The van der Waals surface area contributed by atoms with Gasteiger partial charge in [-0.25, -0.2) is 0 Å². The van der Waals surface area contributed by atoms with Gasteiger partial charge < -0.3 is 15.2 Å². The van der Waals surface area contributed by atoms with Gasteiger partial charge >= 0.3 is 11.8 Å². The summed E-state index contributed by atoms with van der Waals surface area (Å²) in [6.45, 7) is 0.463. The first kappa shape index (κ1) is 17.6. The van der Waals surface area contributed by atoms with E-state index in [2.05, 4.69) is 20.8 Å². The molecule has 3 rings (SSSR count). The second-order valence-corrected chi connectivity index (χ2v) is 5.75. The van der Waals surface area contributed by atoms with E-state index < -0.39 is 5.91 Å². The summed E-state index contributed by atoms with van der Waals surface area (Å²) in [5, 5.41) is 9.56. The Kier molecular flexibility index (Phi) is 5.60. The molecule has 0 radical (unpaired) electrons. The average molecular weight is 371 g/mol. The number of benzene rings is 2. The van der Waals surface area contributed by atoms with Gasteiger partial charge in [0.15, 0.2) is 0 Å². The molecule has 0 unspecified atom stereocenters. The van der Waals surface area contributed by atoms with Crippen LogP contribution in [-0.2, 0) is 0 Å². The van der Waals surface area contributed by atoms with E-state index >= 15 is 0 Å². The SMILES string of the molecule is O=C(NCCNC(=O)c1nc(-c2ccccc2)no1)c1cccc(Cl)c1. The van der Waals surface area contributed by atoms with Crippen molar-refractivity contribution in [3.05, 3.63) is 71.1 Å². The van der Waals surface area contributed by atoms with Crippen LogP contribution >= 0.6 is 11.6 Å². The molecule has 132 valence electrons. The largest absolute Gasteiger partial charge is 0.350 e. The molecule has 3 aromatic rings. The summed E-state index contributed by atoms with van der Waals surface area (Å²) >= 11 is 5.85. The maximum atomic E-state index is 12.0. The van der Waals surface area contributed by atoms with Gasteiger partial charge in [-0.15, -0.1) is 0 Å². The zero-order valence-electron chi connectivity index (χ0n) is 13.6. The molecule has 26 heavy (non-hydrogen) atoms. The third-order valence-corrected chi connectivity index (χ3v) is 3.67. The molecule has 7 nitrogen and oxygen atoms in total. The van der Waals surface area contributed by atoms with Gasteiger partial charge in [-0.1, -0.05) is 53.2 Å². The van der Waals surface area contributed by atoms with Crippen LogP contribution in [0.3, 0.4) is 0 Å². The van der Waals surface area contributed by atoms with Crippen molar-refractivity contribution in [2.24, 2.45) is 0 Å². The van der Waals surface area contributed by atoms with Crippen molar-refractivity contribution < 1.29 is 14.1 Å². The summed E-state index contributed by atoms with van der Waals surface area (Å²) in [5.41, 5.74) is 1.21. The first-order chi connectivity index (χ1) is 12.6. The van der Waals surface area contributed by atoms with Crippen LogP contribution in [0.25, 0.3) is 11.4 Å². The Bertz CT molecular complexity index is 912. The van der Waals surface area contributed by atoms with Gasteiger partial charge in [-0.3, -0.25) is 9.59 Å². The topological polar surface area (TPSA) is 97.1 Å². The van der Waals surface area contributed by atoms with Crippen molar-refractivity contribution in [1.82, 2.24) is 20.8 Å². The number of carbonyl (C=O) groups excluding carboxylic acids is 2. The zero-order chi connectivity index (χ0) is 18.4. The minimum absolute atomic E-state index is 0.134. The fourth-order valence-electron chi connectivity index (χ4n) is 2.18. The third kappa shape index (κ3) is 4.46. The minimum atomic E-state index is -0.503. The van der Waals surface area contributed by atoms with Crippen LogP contribution in [0.4, 0.5) is 0 Å². The molecule has 0 atom stereocenters. The van der Waals surface area contributed by atoms with Crippen molar-refractivity contribution in [3.8, 4) is 11.4 Å². The highest BCUT2D eigenvalue weighted by Crippen LogP contribution is 2.14. The summed E-state index contributed by atoms with van der Waals surface area (Å²) in [7, 11) is 0. The molecule has 0 fully saturated rings. The van der Waals surface area contributed by atoms with Crippen molar-refractivity contribution in [1.29, 1.82) is 0 Å². The Balaban J connectivity index is 1.47. The molecule has 0 aliphatic heterocycles. The van der Waals surface area contributed by atoms with Gasteiger partial charge in [0.2, 0.25) is 5.82 Å². The fourth-order valence-corrected chi connectivity index (χ4v) is 2.37. The van der Waals surface area contributed by atoms with E-state index in [0.717, 1.165) is 5.56 Å². The van der Waals surface area contributed by atoms with Gasteiger partial charge in [0.05, 0.1) is 0 Å². The van der Waals surface area contributed by atoms with Crippen molar-refractivity contribution in [2.45, 2.75) is 0 Å². The lowest BCUT2D eigenvalue weighted by Crippen LogP contribution is -2.34. The normalized spacial score (nSPS) is 10.3. The lowest BCUT2D eigenvalue weighted by atomic mass is 10.2. The second kappa shape index (κ2) is 8.26. The van der Waals surface area contributed by atoms with Crippen molar-refractivity contribution >= 4 is 23.4 Å². The Morgan fingerprint density at radius 2 is 1.69 bits per heavy atom. The summed E-state index contributed by atoms with van der Waals surface area (Å²) in [6, 6.07) is 15.8. The van der Waals surface area contributed by atoms with E-state index in [9.17, 15) is 9.59 Å². The highest BCUT2D eigenvalue weighted by molar-refractivity contribution is 6.30. The van der Waals surface area contributed by atoms with Crippen molar-refractivity contribution in [2.75, 3.05) is 13.1 Å². The Morgan fingerprint density at radius 1 is 0.962 bits per heavy atom. The first-order valence-electron chi connectivity index (χ1n) is 7.84. The molecule has 0 saturated heterocycles. The van der Waals surface area contributed by atoms with Crippen molar-refractivity contribution in [3.63, 3.8) is 0 Å². The monoisotopic (exact) mass is 370 g/mol. The molecule has 2 N–H and O–H groups in total. The van der Waals surface area contributed by atoms with E-state index in [1.807, 2.05) is 30.3 Å². The van der Waals surface area contributed by atoms with Crippen LogP contribution in [0.2, 0.25) is 5.02 Å². The van der Waals surface area contributed by atoms with E-state index in [1.165, 1.54) is 0 Å². The number of rotatable bonds is 6. The van der Waals surface area contributed by atoms with E-state index in [1.54, 1.807) is 24.3 Å². The molecule has 0 aliphatic rings. The van der Waals surface area contributed by atoms with E-state index in [0.29, 0.717) is 16.4 Å². The molecule has 0 aliphatic carbocycles. The summed E-state index contributed by atoms with van der Waals surface area (Å²) in [6.07, 6.45) is 0. The Labute approximate surface area is 154 Å². The Morgan fingerprint density at radius 3 is 2.42 bits per heavy atom. The van der Waals surface area contributed by atoms with Crippen LogP contribution < -0.4 is 10.6 Å². The van der Waals surface area contributed by atoms with Crippen LogP contribution in [0, 0.1) is 0 Å². The number of hydrogen-bond acceptors (Lipinski definition) is 5. The number of nitrogens with one attached hydrogen (secondary N) is 2. The smallest absolute Gasteiger partial charge is 0.316 e. The maximum Gasteiger partial charge on any atom is 0.316 e. The molecule has 2 amide bonds. The average Bonchev–Trinajstić information content (AvgIpc) is 3.16. The number of carbonyl (C=O) groups is 2. The molecular weight excluding hydrogens is 356 g/mol. The van der Waals surface area contributed by atoms with Gasteiger partial charge in [0.1, 0.15) is 0 Å². The molecule has 1 heterocycles. The highest BCUT2D eigenvalue weighted by atomic mass is 35.5. The summed E-state index contributed by atoms with van der Waals surface area (Å²) < 4.78 is 4.97. The molecule has 0 spiro atoms. The highest BCUT2D eigenvalue weighted by Gasteiger charge is 2.15.